The molecule has 13 heavy (non-hydrogen) atoms. The molecule has 0 aromatic carbocycles. The van der Waals surface area contributed by atoms with Gasteiger partial charge in [0.2, 0.25) is 0 Å². The zero-order valence-corrected chi connectivity index (χ0v) is 9.34. The summed E-state index contributed by atoms with van der Waals surface area (Å²) < 4.78 is 10.2. The van der Waals surface area contributed by atoms with Crippen molar-refractivity contribution in [3.8, 4) is 0 Å². The van der Waals surface area contributed by atoms with Gasteiger partial charge < -0.3 is 9.47 Å². The Labute approximate surface area is 82.6 Å². The second-order valence-corrected chi connectivity index (χ2v) is 3.59. The third kappa shape index (κ3) is 9.84. The summed E-state index contributed by atoms with van der Waals surface area (Å²) in [5.74, 6) is 0. The molecule has 0 aliphatic carbocycles. The highest BCUT2D eigenvalue weighted by molar-refractivity contribution is 4.50. The van der Waals surface area contributed by atoms with Crippen LogP contribution in [-0.4, -0.2) is 20.0 Å². The maximum atomic E-state index is 5.38. The van der Waals surface area contributed by atoms with Gasteiger partial charge in [0.05, 0.1) is 6.10 Å². The number of methoxy groups -OCH3 is 1. The summed E-state index contributed by atoms with van der Waals surface area (Å²) in [5, 5.41) is 0. The summed E-state index contributed by atoms with van der Waals surface area (Å²) in [4.78, 5) is 0. The van der Waals surface area contributed by atoms with E-state index in [9.17, 15) is 0 Å². The Morgan fingerprint density at radius 3 is 2.38 bits per heavy atom. The van der Waals surface area contributed by atoms with E-state index in [2.05, 4.69) is 13.8 Å². The highest BCUT2D eigenvalue weighted by Crippen LogP contribution is 2.08. The van der Waals surface area contributed by atoms with Gasteiger partial charge >= 0.3 is 0 Å². The molecule has 1 unspecified atom stereocenters. The number of ether oxygens (including phenoxy) is 2. The summed E-state index contributed by atoms with van der Waals surface area (Å²) in [5.41, 5.74) is 0. The Bertz CT molecular complexity index is 94.1. The predicted molar refractivity (Wildman–Crippen MR) is 55.8 cm³/mol. The minimum Gasteiger partial charge on any atom is -0.359 e. The average Bonchev–Trinajstić information content (AvgIpc) is 2.14. The molecule has 0 aromatic rings. The van der Waals surface area contributed by atoms with Crippen LogP contribution < -0.4 is 0 Å². The lowest BCUT2D eigenvalue weighted by Crippen LogP contribution is -2.09. The van der Waals surface area contributed by atoms with Crippen LogP contribution in [0.1, 0.15) is 52.4 Å². The first-order chi connectivity index (χ1) is 6.31. The van der Waals surface area contributed by atoms with E-state index in [1.807, 2.05) is 0 Å². The molecule has 0 aliphatic rings. The van der Waals surface area contributed by atoms with Gasteiger partial charge in [-0.25, -0.2) is 0 Å². The lowest BCUT2D eigenvalue weighted by Gasteiger charge is -2.11. The second kappa shape index (κ2) is 10.0. The topological polar surface area (TPSA) is 18.5 Å². The van der Waals surface area contributed by atoms with E-state index in [4.69, 9.17) is 9.47 Å². The van der Waals surface area contributed by atoms with Gasteiger partial charge in [0, 0.05) is 7.11 Å². The minimum absolute atomic E-state index is 0.349. The predicted octanol–water partition coefficient (Wildman–Crippen LogP) is 3.36. The molecule has 0 saturated carbocycles. The zero-order valence-electron chi connectivity index (χ0n) is 9.34. The number of hydrogen-bond donors (Lipinski definition) is 0. The van der Waals surface area contributed by atoms with Gasteiger partial charge in [0.15, 0.2) is 0 Å². The van der Waals surface area contributed by atoms with Gasteiger partial charge in [0.1, 0.15) is 6.79 Å². The summed E-state index contributed by atoms with van der Waals surface area (Å²) in [6, 6.07) is 0. The van der Waals surface area contributed by atoms with Crippen LogP contribution in [0, 0.1) is 0 Å². The van der Waals surface area contributed by atoms with Crippen LogP contribution in [0.3, 0.4) is 0 Å². The summed E-state index contributed by atoms with van der Waals surface area (Å²) in [6.45, 7) is 4.78. The van der Waals surface area contributed by atoms with Crippen LogP contribution in [0.5, 0.6) is 0 Å². The van der Waals surface area contributed by atoms with E-state index in [0.717, 1.165) is 6.42 Å². The third-order valence-corrected chi connectivity index (χ3v) is 2.18. The summed E-state index contributed by atoms with van der Waals surface area (Å²) in [6.07, 6.45) is 8.19. The Morgan fingerprint density at radius 2 is 1.77 bits per heavy atom. The first-order valence-corrected chi connectivity index (χ1v) is 5.41. The fourth-order valence-electron chi connectivity index (χ4n) is 1.30. The number of hydrogen-bond acceptors (Lipinski definition) is 2. The molecule has 2 nitrogen and oxygen atoms in total. The minimum atomic E-state index is 0.349. The van der Waals surface area contributed by atoms with Crippen molar-refractivity contribution in [2.45, 2.75) is 58.5 Å². The molecule has 0 saturated heterocycles. The molecule has 0 aromatic heterocycles. The molecule has 0 aliphatic heterocycles. The molecule has 0 bridgehead atoms. The smallest absolute Gasteiger partial charge is 0.146 e. The fraction of sp³-hybridized carbons (Fsp3) is 1.00. The van der Waals surface area contributed by atoms with Gasteiger partial charge in [-0.3, -0.25) is 0 Å². The van der Waals surface area contributed by atoms with Crippen LogP contribution >= 0.6 is 0 Å². The standard InChI is InChI=1S/C11H24O2/c1-4-5-6-7-8-9-11(2)13-10-12-3/h11H,4-10H2,1-3H3. The largest absolute Gasteiger partial charge is 0.359 e. The van der Waals surface area contributed by atoms with Crippen molar-refractivity contribution >= 4 is 0 Å². The Kier molecular flexibility index (Phi) is 9.94. The zero-order chi connectivity index (χ0) is 9.94. The molecule has 0 spiro atoms. The van der Waals surface area contributed by atoms with E-state index in [-0.39, 0.29) is 0 Å². The molecule has 0 radical (unpaired) electrons. The maximum absolute atomic E-state index is 5.38. The van der Waals surface area contributed by atoms with Crippen molar-refractivity contribution in [1.82, 2.24) is 0 Å². The van der Waals surface area contributed by atoms with E-state index >= 15 is 0 Å². The van der Waals surface area contributed by atoms with Gasteiger partial charge in [0.25, 0.3) is 0 Å². The van der Waals surface area contributed by atoms with Crippen molar-refractivity contribution < 1.29 is 9.47 Å². The highest BCUT2D eigenvalue weighted by Gasteiger charge is 2.00. The highest BCUT2D eigenvalue weighted by atomic mass is 16.7. The molecule has 0 fully saturated rings. The first-order valence-electron chi connectivity index (χ1n) is 5.41. The quantitative estimate of drug-likeness (QED) is 0.408. The Morgan fingerprint density at radius 1 is 1.08 bits per heavy atom. The van der Waals surface area contributed by atoms with Crippen molar-refractivity contribution in [2.24, 2.45) is 0 Å². The lowest BCUT2D eigenvalue weighted by atomic mass is 10.1. The van der Waals surface area contributed by atoms with Crippen LogP contribution in [0.4, 0.5) is 0 Å². The summed E-state index contributed by atoms with van der Waals surface area (Å²) >= 11 is 0. The molecule has 0 heterocycles. The van der Waals surface area contributed by atoms with Crippen LogP contribution in [0.2, 0.25) is 0 Å². The van der Waals surface area contributed by atoms with Crippen LogP contribution in [-0.2, 0) is 9.47 Å². The van der Waals surface area contributed by atoms with Crippen molar-refractivity contribution in [3.05, 3.63) is 0 Å². The SMILES string of the molecule is CCCCCCCC(C)OCOC. The van der Waals surface area contributed by atoms with Crippen molar-refractivity contribution in [1.29, 1.82) is 0 Å². The normalized spacial score (nSPS) is 13.2. The van der Waals surface area contributed by atoms with Crippen molar-refractivity contribution in [2.75, 3.05) is 13.9 Å². The average molecular weight is 188 g/mol. The van der Waals surface area contributed by atoms with Gasteiger partial charge in [-0.2, -0.15) is 0 Å². The Hall–Kier alpha value is -0.0800. The second-order valence-electron chi connectivity index (χ2n) is 3.59. The number of unbranched alkanes of at least 4 members (excludes halogenated alkanes) is 4. The lowest BCUT2D eigenvalue weighted by molar-refractivity contribution is -0.0679. The first kappa shape index (κ1) is 12.9. The van der Waals surface area contributed by atoms with Crippen LogP contribution in [0.15, 0.2) is 0 Å². The van der Waals surface area contributed by atoms with E-state index in [1.54, 1.807) is 7.11 Å². The Balaban J connectivity index is 3.03. The third-order valence-electron chi connectivity index (χ3n) is 2.18. The van der Waals surface area contributed by atoms with Gasteiger partial charge in [-0.1, -0.05) is 39.0 Å². The molecule has 2 heteroatoms. The number of rotatable bonds is 9. The van der Waals surface area contributed by atoms with Crippen molar-refractivity contribution in [3.63, 3.8) is 0 Å². The molecule has 80 valence electrons. The molecular formula is C11H24O2. The van der Waals surface area contributed by atoms with E-state index in [1.165, 1.54) is 32.1 Å². The van der Waals surface area contributed by atoms with Gasteiger partial charge in [-0.15, -0.1) is 0 Å². The monoisotopic (exact) mass is 188 g/mol. The van der Waals surface area contributed by atoms with Crippen LogP contribution in [0.25, 0.3) is 0 Å². The maximum Gasteiger partial charge on any atom is 0.146 e. The van der Waals surface area contributed by atoms with Gasteiger partial charge in [-0.05, 0) is 13.3 Å². The molecule has 0 amide bonds. The molecular weight excluding hydrogens is 164 g/mol. The van der Waals surface area contributed by atoms with E-state index < -0.39 is 0 Å². The fourth-order valence-corrected chi connectivity index (χ4v) is 1.30. The summed E-state index contributed by atoms with van der Waals surface area (Å²) in [7, 11) is 1.66. The molecule has 1 atom stereocenters. The van der Waals surface area contributed by atoms with E-state index in [0.29, 0.717) is 12.9 Å². The molecule has 0 rings (SSSR count). The molecule has 0 N–H and O–H groups in total.